The molecule has 2 aromatic rings. The lowest BCUT2D eigenvalue weighted by Gasteiger charge is -2.30. The lowest BCUT2D eigenvalue weighted by molar-refractivity contribution is -0.124. The molecule has 5 nitrogen and oxygen atoms in total. The van der Waals surface area contributed by atoms with Crippen LogP contribution in [0.1, 0.15) is 12.0 Å². The topological polar surface area (TPSA) is 94.0 Å². The maximum atomic E-state index is 11.8. The Hall–Kier alpha value is -1.98. The van der Waals surface area contributed by atoms with E-state index in [1.807, 2.05) is 24.3 Å². The number of nitrogens with zero attached hydrogens (tertiary/aromatic N) is 1. The molecular formula is C14H16N4O. The molecule has 1 atom stereocenters. The van der Waals surface area contributed by atoms with Crippen LogP contribution in [0.25, 0.3) is 10.8 Å². The summed E-state index contributed by atoms with van der Waals surface area (Å²) in [6.45, 7) is 0.634. The van der Waals surface area contributed by atoms with Crippen molar-refractivity contribution in [1.29, 1.82) is 0 Å². The molecule has 0 saturated carbocycles. The Morgan fingerprint density at radius 1 is 1.26 bits per heavy atom. The number of nitrogens with two attached hydrogens (primary N) is 2. The third kappa shape index (κ3) is 1.97. The Morgan fingerprint density at radius 2 is 2.11 bits per heavy atom. The van der Waals surface area contributed by atoms with Gasteiger partial charge in [0.15, 0.2) is 0 Å². The lowest BCUT2D eigenvalue weighted by Crippen LogP contribution is -2.54. The number of nitrogens with one attached hydrogen (secondary N) is 1. The number of rotatable bonds is 2. The van der Waals surface area contributed by atoms with Crippen molar-refractivity contribution in [2.45, 2.75) is 12.1 Å². The van der Waals surface area contributed by atoms with E-state index in [9.17, 15) is 4.79 Å². The van der Waals surface area contributed by atoms with E-state index in [1.165, 1.54) is 0 Å². The van der Waals surface area contributed by atoms with Gasteiger partial charge in [0.2, 0.25) is 5.91 Å². The Morgan fingerprint density at radius 3 is 2.84 bits per heavy atom. The van der Waals surface area contributed by atoms with E-state index < -0.39 is 5.66 Å². The van der Waals surface area contributed by atoms with E-state index in [1.54, 1.807) is 12.4 Å². The Balaban J connectivity index is 2.05. The molecule has 98 valence electrons. The standard InChI is InChI=1S/C14H16N4O/c15-14(16,12-4-6-18-13(12)19)11-2-1-9-3-5-17-8-10(9)7-11/h1-3,5,7-8,12H,4,6,15-16H2,(H,18,19). The third-order valence-corrected chi connectivity index (χ3v) is 3.77. The minimum atomic E-state index is -1.15. The maximum absolute atomic E-state index is 11.8. The van der Waals surface area contributed by atoms with Gasteiger partial charge in [0.1, 0.15) is 5.66 Å². The van der Waals surface area contributed by atoms with E-state index in [0.717, 1.165) is 16.3 Å². The number of amides is 1. The zero-order valence-corrected chi connectivity index (χ0v) is 10.5. The molecule has 0 spiro atoms. The van der Waals surface area contributed by atoms with Crippen LogP contribution in [0.15, 0.2) is 36.7 Å². The highest BCUT2D eigenvalue weighted by molar-refractivity contribution is 5.84. The molecule has 5 heteroatoms. The molecule has 19 heavy (non-hydrogen) atoms. The Labute approximate surface area is 111 Å². The van der Waals surface area contributed by atoms with Gasteiger partial charge < -0.3 is 16.8 Å². The van der Waals surface area contributed by atoms with Crippen molar-refractivity contribution in [3.8, 4) is 0 Å². The second kappa shape index (κ2) is 4.29. The summed E-state index contributed by atoms with van der Waals surface area (Å²) in [5.41, 5.74) is 12.1. The highest BCUT2D eigenvalue weighted by atomic mass is 16.2. The van der Waals surface area contributed by atoms with Crippen molar-refractivity contribution in [3.05, 3.63) is 42.2 Å². The number of benzene rings is 1. The number of hydrogen-bond acceptors (Lipinski definition) is 4. The van der Waals surface area contributed by atoms with Crippen LogP contribution in [-0.4, -0.2) is 17.4 Å². The quantitative estimate of drug-likeness (QED) is 0.680. The summed E-state index contributed by atoms with van der Waals surface area (Å²) < 4.78 is 0. The van der Waals surface area contributed by atoms with Crippen molar-refractivity contribution in [2.24, 2.45) is 17.4 Å². The van der Waals surface area contributed by atoms with Crippen LogP contribution in [0.4, 0.5) is 0 Å². The van der Waals surface area contributed by atoms with E-state index >= 15 is 0 Å². The lowest BCUT2D eigenvalue weighted by atomic mass is 9.85. The second-order valence-electron chi connectivity index (χ2n) is 5.00. The average molecular weight is 256 g/mol. The van der Waals surface area contributed by atoms with Gasteiger partial charge in [0.25, 0.3) is 0 Å². The predicted octanol–water partition coefficient (Wildman–Crippen LogP) is 0.441. The molecule has 0 aliphatic carbocycles. The van der Waals surface area contributed by atoms with Gasteiger partial charge in [-0.3, -0.25) is 9.78 Å². The molecule has 5 N–H and O–H groups in total. The number of carbonyl (C=O) groups is 1. The molecule has 1 aliphatic rings. The summed E-state index contributed by atoms with van der Waals surface area (Å²) >= 11 is 0. The zero-order chi connectivity index (χ0) is 13.5. The maximum Gasteiger partial charge on any atom is 0.226 e. The number of carbonyl (C=O) groups excluding carboxylic acids is 1. The van der Waals surface area contributed by atoms with Crippen molar-refractivity contribution in [2.75, 3.05) is 6.54 Å². The van der Waals surface area contributed by atoms with Crippen molar-refractivity contribution in [1.82, 2.24) is 10.3 Å². The normalized spacial score (nSPS) is 19.7. The fourth-order valence-corrected chi connectivity index (χ4v) is 2.61. The Bertz CT molecular complexity index is 638. The van der Waals surface area contributed by atoms with E-state index in [-0.39, 0.29) is 11.8 Å². The van der Waals surface area contributed by atoms with Crippen LogP contribution in [0, 0.1) is 5.92 Å². The summed E-state index contributed by atoms with van der Waals surface area (Å²) in [7, 11) is 0. The zero-order valence-electron chi connectivity index (χ0n) is 10.5. The van der Waals surface area contributed by atoms with Crippen LogP contribution in [0.2, 0.25) is 0 Å². The fraction of sp³-hybridized carbons (Fsp3) is 0.286. The predicted molar refractivity (Wildman–Crippen MR) is 72.9 cm³/mol. The van der Waals surface area contributed by atoms with E-state index in [2.05, 4.69) is 10.3 Å². The van der Waals surface area contributed by atoms with Crippen LogP contribution >= 0.6 is 0 Å². The number of fused-ring (bicyclic) bond motifs is 1. The molecule has 1 aromatic carbocycles. The SMILES string of the molecule is NC(N)(c1ccc2ccncc2c1)C1CCNC1=O. The van der Waals surface area contributed by atoms with Crippen molar-refractivity contribution >= 4 is 16.7 Å². The molecule has 1 fully saturated rings. The number of pyridine rings is 1. The van der Waals surface area contributed by atoms with Gasteiger partial charge in [-0.05, 0) is 29.5 Å². The van der Waals surface area contributed by atoms with Crippen molar-refractivity contribution < 1.29 is 4.79 Å². The first-order chi connectivity index (χ1) is 9.09. The van der Waals surface area contributed by atoms with Gasteiger partial charge in [-0.2, -0.15) is 0 Å². The average Bonchev–Trinajstić information content (AvgIpc) is 2.85. The summed E-state index contributed by atoms with van der Waals surface area (Å²) in [5, 5.41) is 4.82. The van der Waals surface area contributed by atoms with Gasteiger partial charge in [-0.1, -0.05) is 12.1 Å². The molecule has 1 unspecified atom stereocenters. The van der Waals surface area contributed by atoms with Crippen LogP contribution in [0.3, 0.4) is 0 Å². The van der Waals surface area contributed by atoms with E-state index in [4.69, 9.17) is 11.5 Å². The first-order valence-corrected chi connectivity index (χ1v) is 6.29. The molecular weight excluding hydrogens is 240 g/mol. The summed E-state index contributed by atoms with van der Waals surface area (Å²) in [6, 6.07) is 7.67. The largest absolute Gasteiger partial charge is 0.356 e. The third-order valence-electron chi connectivity index (χ3n) is 3.77. The molecule has 1 aromatic heterocycles. The van der Waals surface area contributed by atoms with Crippen molar-refractivity contribution in [3.63, 3.8) is 0 Å². The minimum Gasteiger partial charge on any atom is -0.356 e. The molecule has 0 radical (unpaired) electrons. The monoisotopic (exact) mass is 256 g/mol. The first-order valence-electron chi connectivity index (χ1n) is 6.29. The number of hydrogen-bond donors (Lipinski definition) is 3. The highest BCUT2D eigenvalue weighted by Gasteiger charge is 2.40. The summed E-state index contributed by atoms with van der Waals surface area (Å²) in [5.74, 6) is -0.460. The van der Waals surface area contributed by atoms with Gasteiger partial charge in [0.05, 0.1) is 5.92 Å². The van der Waals surface area contributed by atoms with Crippen LogP contribution in [0.5, 0.6) is 0 Å². The molecule has 1 saturated heterocycles. The van der Waals surface area contributed by atoms with Crippen LogP contribution < -0.4 is 16.8 Å². The smallest absolute Gasteiger partial charge is 0.226 e. The first kappa shape index (κ1) is 12.1. The molecule has 0 bridgehead atoms. The molecule has 3 rings (SSSR count). The van der Waals surface area contributed by atoms with Crippen LogP contribution in [-0.2, 0) is 10.5 Å². The van der Waals surface area contributed by atoms with E-state index in [0.29, 0.717) is 13.0 Å². The Kier molecular flexibility index (Phi) is 2.73. The van der Waals surface area contributed by atoms with Gasteiger partial charge in [-0.25, -0.2) is 0 Å². The molecule has 2 heterocycles. The minimum absolute atomic E-state index is 0.0729. The van der Waals surface area contributed by atoms with Gasteiger partial charge in [0, 0.05) is 24.3 Å². The van der Waals surface area contributed by atoms with Gasteiger partial charge in [-0.15, -0.1) is 0 Å². The number of aromatic nitrogens is 1. The summed E-state index contributed by atoms with van der Waals surface area (Å²) in [4.78, 5) is 15.9. The molecule has 1 aliphatic heterocycles. The van der Waals surface area contributed by atoms with Gasteiger partial charge >= 0.3 is 0 Å². The fourth-order valence-electron chi connectivity index (χ4n) is 2.61. The highest BCUT2D eigenvalue weighted by Crippen LogP contribution is 2.29. The molecule has 1 amide bonds. The second-order valence-corrected chi connectivity index (χ2v) is 5.00. The summed E-state index contributed by atoms with van der Waals surface area (Å²) in [6.07, 6.45) is 4.17.